The van der Waals surface area contributed by atoms with E-state index in [1.807, 2.05) is 0 Å². The Balaban J connectivity index is 2.47. The fraction of sp³-hybridized carbons (Fsp3) is 0.800. The highest BCUT2D eigenvalue weighted by Gasteiger charge is 2.35. The molecule has 0 aromatic heterocycles. The molecule has 8 heteroatoms. The lowest BCUT2D eigenvalue weighted by atomic mass is 10.2. The largest absolute Gasteiger partial charge is 0.466 e. The van der Waals surface area contributed by atoms with Crippen LogP contribution in [0.25, 0.3) is 0 Å². The van der Waals surface area contributed by atoms with E-state index in [-0.39, 0.29) is 29.7 Å². The number of thiocarbonyl (C=S) groups is 1. The minimum atomic E-state index is -3.56. The maximum atomic E-state index is 11.8. The standard InChI is InChI=1S/C10H18N2O4S2/c1-2-16-8(13)5-6-18(14,15)12-9(10(11)17)7-3-4-7/h7,9,12H,2-6H2,1H3,(H2,11,17). The van der Waals surface area contributed by atoms with Crippen LogP contribution >= 0.6 is 12.2 Å². The Kier molecular flexibility index (Phi) is 5.48. The third kappa shape index (κ3) is 5.28. The van der Waals surface area contributed by atoms with Gasteiger partial charge in [-0.3, -0.25) is 4.79 Å². The molecule has 0 spiro atoms. The predicted octanol–water partition coefficient (Wildman–Crippen LogP) is -0.0763. The average Bonchev–Trinajstić information content (AvgIpc) is 3.07. The first-order chi connectivity index (χ1) is 8.35. The number of nitrogens with one attached hydrogen (secondary N) is 1. The van der Waals surface area contributed by atoms with Crippen LogP contribution in [0.3, 0.4) is 0 Å². The van der Waals surface area contributed by atoms with E-state index in [4.69, 9.17) is 18.0 Å². The topological polar surface area (TPSA) is 98.5 Å². The molecular formula is C10H18N2O4S2. The first kappa shape index (κ1) is 15.3. The van der Waals surface area contributed by atoms with E-state index in [1.165, 1.54) is 0 Å². The van der Waals surface area contributed by atoms with Gasteiger partial charge < -0.3 is 10.5 Å². The maximum absolute atomic E-state index is 11.8. The molecule has 0 bridgehead atoms. The SMILES string of the molecule is CCOC(=O)CCS(=O)(=O)NC(C(N)=S)C1CC1. The van der Waals surface area contributed by atoms with Crippen LogP contribution in [0.15, 0.2) is 0 Å². The minimum absolute atomic E-state index is 0.150. The molecule has 1 rings (SSSR count). The Hall–Kier alpha value is -0.730. The molecule has 0 saturated heterocycles. The number of hydrogen-bond donors (Lipinski definition) is 2. The summed E-state index contributed by atoms with van der Waals surface area (Å²) in [6.07, 6.45) is 1.67. The van der Waals surface area contributed by atoms with Crippen molar-refractivity contribution >= 4 is 33.2 Å². The van der Waals surface area contributed by atoms with Gasteiger partial charge in [0.05, 0.1) is 29.8 Å². The molecular weight excluding hydrogens is 276 g/mol. The zero-order chi connectivity index (χ0) is 13.8. The predicted molar refractivity (Wildman–Crippen MR) is 71.5 cm³/mol. The fourth-order valence-corrected chi connectivity index (χ4v) is 3.10. The fourth-order valence-electron chi connectivity index (χ4n) is 1.52. The maximum Gasteiger partial charge on any atom is 0.306 e. The van der Waals surface area contributed by atoms with Crippen LogP contribution in [0.5, 0.6) is 0 Å². The van der Waals surface area contributed by atoms with Crippen molar-refractivity contribution in [3.63, 3.8) is 0 Å². The molecule has 1 atom stereocenters. The second kappa shape index (κ2) is 6.44. The number of esters is 1. The molecule has 3 N–H and O–H groups in total. The van der Waals surface area contributed by atoms with E-state index in [0.717, 1.165) is 12.8 Å². The minimum Gasteiger partial charge on any atom is -0.466 e. The van der Waals surface area contributed by atoms with E-state index >= 15 is 0 Å². The quantitative estimate of drug-likeness (QED) is 0.480. The molecule has 0 aliphatic heterocycles. The average molecular weight is 294 g/mol. The monoisotopic (exact) mass is 294 g/mol. The third-order valence-corrected chi connectivity index (χ3v) is 4.20. The number of hydrogen-bond acceptors (Lipinski definition) is 5. The van der Waals surface area contributed by atoms with Crippen LogP contribution in [0, 0.1) is 5.92 Å². The van der Waals surface area contributed by atoms with Crippen LogP contribution in [0.1, 0.15) is 26.2 Å². The molecule has 1 aliphatic rings. The highest BCUT2D eigenvalue weighted by atomic mass is 32.2. The molecule has 1 saturated carbocycles. The summed E-state index contributed by atoms with van der Waals surface area (Å²) in [6.45, 7) is 1.91. The van der Waals surface area contributed by atoms with Gasteiger partial charge >= 0.3 is 5.97 Å². The lowest BCUT2D eigenvalue weighted by molar-refractivity contribution is -0.142. The highest BCUT2D eigenvalue weighted by molar-refractivity contribution is 7.89. The summed E-state index contributed by atoms with van der Waals surface area (Å²) in [6, 6.07) is -0.493. The first-order valence-electron chi connectivity index (χ1n) is 5.80. The summed E-state index contributed by atoms with van der Waals surface area (Å²) >= 11 is 4.84. The van der Waals surface area contributed by atoms with Crippen LogP contribution in [-0.2, 0) is 19.6 Å². The van der Waals surface area contributed by atoms with Gasteiger partial charge in [0.2, 0.25) is 10.0 Å². The summed E-state index contributed by atoms with van der Waals surface area (Å²) < 4.78 is 30.6. The lowest BCUT2D eigenvalue weighted by Crippen LogP contribution is -2.45. The second-order valence-corrected chi connectivity index (χ2v) is 6.55. The van der Waals surface area contributed by atoms with Crippen LogP contribution in [0.4, 0.5) is 0 Å². The van der Waals surface area contributed by atoms with Gasteiger partial charge in [0.1, 0.15) is 0 Å². The van der Waals surface area contributed by atoms with Crippen molar-refractivity contribution in [2.75, 3.05) is 12.4 Å². The molecule has 1 unspecified atom stereocenters. The smallest absolute Gasteiger partial charge is 0.306 e. The molecule has 104 valence electrons. The number of carbonyl (C=O) groups excluding carboxylic acids is 1. The number of ether oxygens (including phenoxy) is 1. The van der Waals surface area contributed by atoms with Gasteiger partial charge in [-0.1, -0.05) is 12.2 Å². The van der Waals surface area contributed by atoms with E-state index in [0.29, 0.717) is 0 Å². The van der Waals surface area contributed by atoms with Crippen molar-refractivity contribution in [2.45, 2.75) is 32.2 Å². The summed E-state index contributed by atoms with van der Waals surface area (Å²) in [7, 11) is -3.56. The molecule has 6 nitrogen and oxygen atoms in total. The third-order valence-electron chi connectivity index (χ3n) is 2.59. The van der Waals surface area contributed by atoms with Crippen molar-refractivity contribution in [1.29, 1.82) is 0 Å². The van der Waals surface area contributed by atoms with Gasteiger partial charge in [0.15, 0.2) is 0 Å². The molecule has 18 heavy (non-hydrogen) atoms. The number of sulfonamides is 1. The first-order valence-corrected chi connectivity index (χ1v) is 7.86. The van der Waals surface area contributed by atoms with Crippen LogP contribution in [0.2, 0.25) is 0 Å². The molecule has 0 aromatic carbocycles. The van der Waals surface area contributed by atoms with Crippen molar-refractivity contribution in [3.8, 4) is 0 Å². The zero-order valence-electron chi connectivity index (χ0n) is 10.2. The Morgan fingerprint density at radius 3 is 2.61 bits per heavy atom. The molecule has 1 aliphatic carbocycles. The van der Waals surface area contributed by atoms with E-state index in [9.17, 15) is 13.2 Å². The van der Waals surface area contributed by atoms with Crippen LogP contribution in [-0.4, -0.2) is 37.8 Å². The molecule has 0 aromatic rings. The van der Waals surface area contributed by atoms with Crippen LogP contribution < -0.4 is 10.5 Å². The Bertz CT molecular complexity index is 418. The Morgan fingerprint density at radius 1 is 1.56 bits per heavy atom. The Labute approximate surface area is 112 Å². The summed E-state index contributed by atoms with van der Waals surface area (Å²) in [4.78, 5) is 11.2. The van der Waals surface area contributed by atoms with Gasteiger partial charge in [-0.15, -0.1) is 0 Å². The molecule has 0 radical (unpaired) electrons. The van der Waals surface area contributed by atoms with Crippen molar-refractivity contribution in [1.82, 2.24) is 4.72 Å². The van der Waals surface area contributed by atoms with Gasteiger partial charge in [-0.25, -0.2) is 13.1 Å². The number of nitrogens with two attached hydrogens (primary N) is 1. The van der Waals surface area contributed by atoms with Gasteiger partial charge in [-0.05, 0) is 25.7 Å². The van der Waals surface area contributed by atoms with Crippen molar-refractivity contribution in [2.24, 2.45) is 11.7 Å². The number of carbonyl (C=O) groups is 1. The molecule has 0 heterocycles. The zero-order valence-corrected chi connectivity index (χ0v) is 11.9. The van der Waals surface area contributed by atoms with Crippen molar-refractivity contribution < 1.29 is 17.9 Å². The highest BCUT2D eigenvalue weighted by Crippen LogP contribution is 2.33. The summed E-state index contributed by atoms with van der Waals surface area (Å²) in [5.41, 5.74) is 5.50. The Morgan fingerprint density at radius 2 is 2.17 bits per heavy atom. The number of rotatable bonds is 8. The molecule has 1 fully saturated rings. The summed E-state index contributed by atoms with van der Waals surface area (Å²) in [5.74, 6) is -0.640. The van der Waals surface area contributed by atoms with E-state index < -0.39 is 22.0 Å². The normalized spacial score (nSPS) is 17.2. The molecule has 0 amide bonds. The van der Waals surface area contributed by atoms with E-state index in [2.05, 4.69) is 9.46 Å². The van der Waals surface area contributed by atoms with E-state index in [1.54, 1.807) is 6.92 Å². The second-order valence-electron chi connectivity index (χ2n) is 4.21. The van der Waals surface area contributed by atoms with Crippen molar-refractivity contribution in [3.05, 3.63) is 0 Å². The lowest BCUT2D eigenvalue weighted by Gasteiger charge is -2.16. The van der Waals surface area contributed by atoms with Gasteiger partial charge in [0, 0.05) is 0 Å². The van der Waals surface area contributed by atoms with Gasteiger partial charge in [0.25, 0.3) is 0 Å². The summed E-state index contributed by atoms with van der Waals surface area (Å²) in [5, 5.41) is 0. The van der Waals surface area contributed by atoms with Gasteiger partial charge in [-0.2, -0.15) is 0 Å².